The first-order valence-electron chi connectivity index (χ1n) is 6.98. The van der Waals surface area contributed by atoms with Crippen molar-refractivity contribution >= 4 is 39.7 Å². The third-order valence-corrected chi connectivity index (χ3v) is 4.15. The Labute approximate surface area is 137 Å². The van der Waals surface area contributed by atoms with Crippen molar-refractivity contribution in [1.29, 1.82) is 0 Å². The van der Waals surface area contributed by atoms with Crippen LogP contribution in [0.3, 0.4) is 0 Å². The lowest BCUT2D eigenvalue weighted by Crippen LogP contribution is -2.34. The Kier molecular flexibility index (Phi) is 6.65. The van der Waals surface area contributed by atoms with Gasteiger partial charge in [-0.25, -0.2) is 8.42 Å². The maximum Gasteiger partial charge on any atom is 0.229 e. The average molecular weight is 348 g/mol. The Bertz CT molecular complexity index is 604. The topological polar surface area (TPSA) is 101 Å². The number of rotatable bonds is 4. The van der Waals surface area contributed by atoms with Crippen LogP contribution in [-0.4, -0.2) is 26.6 Å². The van der Waals surface area contributed by atoms with Crippen LogP contribution in [0.15, 0.2) is 24.3 Å². The summed E-state index contributed by atoms with van der Waals surface area (Å²) in [5.41, 5.74) is 7.01. The second-order valence-electron chi connectivity index (χ2n) is 5.56. The van der Waals surface area contributed by atoms with Crippen molar-refractivity contribution < 1.29 is 13.2 Å². The molecule has 1 aromatic rings. The van der Waals surface area contributed by atoms with Gasteiger partial charge in [0.25, 0.3) is 0 Å². The number of benzene rings is 1. The van der Waals surface area contributed by atoms with Gasteiger partial charge in [-0.2, -0.15) is 0 Å². The van der Waals surface area contributed by atoms with Crippen LogP contribution >= 0.6 is 12.4 Å². The molecule has 2 unspecified atom stereocenters. The Morgan fingerprint density at radius 1 is 1.18 bits per heavy atom. The van der Waals surface area contributed by atoms with Crippen molar-refractivity contribution in [3.05, 3.63) is 24.3 Å². The number of carbonyl (C=O) groups is 1. The summed E-state index contributed by atoms with van der Waals surface area (Å²) >= 11 is 0. The van der Waals surface area contributed by atoms with Crippen molar-refractivity contribution in [2.24, 2.45) is 11.7 Å². The number of hydrogen-bond acceptors (Lipinski definition) is 4. The molecule has 2 atom stereocenters. The maximum atomic E-state index is 12.1. The lowest BCUT2D eigenvalue weighted by atomic mass is 9.85. The van der Waals surface area contributed by atoms with Gasteiger partial charge in [0.1, 0.15) is 0 Å². The number of hydrogen-bond donors (Lipinski definition) is 3. The predicted octanol–water partition coefficient (Wildman–Crippen LogP) is 1.94. The van der Waals surface area contributed by atoms with Crippen molar-refractivity contribution in [3.8, 4) is 0 Å². The Morgan fingerprint density at radius 3 is 2.32 bits per heavy atom. The number of halogens is 1. The highest BCUT2D eigenvalue weighted by atomic mass is 35.5. The normalized spacial score (nSPS) is 21.5. The smallest absolute Gasteiger partial charge is 0.229 e. The number of nitrogens with two attached hydrogens (primary N) is 1. The average Bonchev–Trinajstić information content (AvgIpc) is 2.39. The molecule has 2 rings (SSSR count). The fraction of sp³-hybridized carbons (Fsp3) is 0.500. The molecule has 124 valence electrons. The minimum atomic E-state index is -3.29. The molecule has 0 aromatic heterocycles. The Hall–Kier alpha value is -1.31. The summed E-state index contributed by atoms with van der Waals surface area (Å²) in [5, 5.41) is 2.85. The highest BCUT2D eigenvalue weighted by Gasteiger charge is 2.25. The summed E-state index contributed by atoms with van der Waals surface area (Å²) in [7, 11) is -3.29. The molecule has 1 aliphatic carbocycles. The van der Waals surface area contributed by atoms with E-state index in [1.165, 1.54) is 0 Å². The molecule has 0 saturated heterocycles. The third kappa shape index (κ3) is 5.82. The monoisotopic (exact) mass is 347 g/mol. The van der Waals surface area contributed by atoms with E-state index in [-0.39, 0.29) is 30.3 Å². The maximum absolute atomic E-state index is 12.1. The Morgan fingerprint density at radius 2 is 1.77 bits per heavy atom. The molecule has 6 nitrogen and oxygen atoms in total. The summed E-state index contributed by atoms with van der Waals surface area (Å²) in [6, 6.07) is 6.69. The van der Waals surface area contributed by atoms with Crippen LogP contribution in [0.2, 0.25) is 0 Å². The first-order chi connectivity index (χ1) is 9.83. The molecular weight excluding hydrogens is 326 g/mol. The number of amides is 1. The molecule has 1 aromatic carbocycles. The van der Waals surface area contributed by atoms with E-state index < -0.39 is 10.0 Å². The van der Waals surface area contributed by atoms with Gasteiger partial charge in [0, 0.05) is 23.3 Å². The van der Waals surface area contributed by atoms with Crippen molar-refractivity contribution in [2.45, 2.75) is 31.7 Å². The fourth-order valence-electron chi connectivity index (χ4n) is 2.55. The summed E-state index contributed by atoms with van der Waals surface area (Å²) in [6.45, 7) is 0. The molecular formula is C14H22ClN3O3S. The van der Waals surface area contributed by atoms with E-state index in [1.54, 1.807) is 24.3 Å². The van der Waals surface area contributed by atoms with Crippen LogP contribution < -0.4 is 15.8 Å². The molecule has 1 amide bonds. The standard InChI is InChI=1S/C14H21N3O3S.ClH/c1-21(19,20)17-13-7-5-12(6-8-13)16-14(18)10-3-2-4-11(15)9-10;/h5-8,10-11,17H,2-4,9,15H2,1H3,(H,16,18);1H. The summed E-state index contributed by atoms with van der Waals surface area (Å²) in [5.74, 6) is -0.0588. The number of sulfonamides is 1. The van der Waals surface area contributed by atoms with Gasteiger partial charge in [-0.05, 0) is 43.5 Å². The van der Waals surface area contributed by atoms with Gasteiger partial charge in [0.2, 0.25) is 15.9 Å². The minimum absolute atomic E-state index is 0. The zero-order valence-corrected chi connectivity index (χ0v) is 14.0. The van der Waals surface area contributed by atoms with Gasteiger partial charge in [-0.3, -0.25) is 9.52 Å². The number of nitrogens with one attached hydrogen (secondary N) is 2. The van der Waals surface area contributed by atoms with Gasteiger partial charge < -0.3 is 11.1 Å². The minimum Gasteiger partial charge on any atom is -0.328 e. The lowest BCUT2D eigenvalue weighted by Gasteiger charge is -2.25. The van der Waals surface area contributed by atoms with E-state index in [2.05, 4.69) is 10.0 Å². The molecule has 4 N–H and O–H groups in total. The van der Waals surface area contributed by atoms with Crippen molar-refractivity contribution in [2.75, 3.05) is 16.3 Å². The zero-order chi connectivity index (χ0) is 15.5. The van der Waals surface area contributed by atoms with E-state index in [4.69, 9.17) is 5.73 Å². The Balaban J connectivity index is 0.00000242. The highest BCUT2D eigenvalue weighted by Crippen LogP contribution is 2.24. The molecule has 0 aliphatic heterocycles. The van der Waals surface area contributed by atoms with Crippen LogP contribution in [0.4, 0.5) is 11.4 Å². The first-order valence-corrected chi connectivity index (χ1v) is 8.87. The van der Waals surface area contributed by atoms with Crippen LogP contribution in [0, 0.1) is 5.92 Å². The lowest BCUT2D eigenvalue weighted by molar-refractivity contribution is -0.120. The SMILES string of the molecule is CS(=O)(=O)Nc1ccc(NC(=O)C2CCCC(N)C2)cc1.Cl. The summed E-state index contributed by atoms with van der Waals surface area (Å²) in [4.78, 5) is 12.1. The summed E-state index contributed by atoms with van der Waals surface area (Å²) in [6.07, 6.45) is 4.65. The van der Waals surface area contributed by atoms with E-state index in [0.717, 1.165) is 31.9 Å². The second kappa shape index (κ2) is 7.80. The van der Waals surface area contributed by atoms with E-state index in [1.807, 2.05) is 0 Å². The van der Waals surface area contributed by atoms with Gasteiger partial charge in [-0.1, -0.05) is 6.42 Å². The quantitative estimate of drug-likeness (QED) is 0.774. The van der Waals surface area contributed by atoms with Gasteiger partial charge in [0.15, 0.2) is 0 Å². The third-order valence-electron chi connectivity index (χ3n) is 3.54. The zero-order valence-electron chi connectivity index (χ0n) is 12.4. The second-order valence-corrected chi connectivity index (χ2v) is 7.31. The molecule has 8 heteroatoms. The van der Waals surface area contributed by atoms with Gasteiger partial charge in [0.05, 0.1) is 6.26 Å². The van der Waals surface area contributed by atoms with Crippen molar-refractivity contribution in [3.63, 3.8) is 0 Å². The predicted molar refractivity (Wildman–Crippen MR) is 90.7 cm³/mol. The number of carbonyl (C=O) groups excluding carboxylic acids is 1. The molecule has 22 heavy (non-hydrogen) atoms. The molecule has 1 saturated carbocycles. The van der Waals surface area contributed by atoms with Crippen LogP contribution in [-0.2, 0) is 14.8 Å². The number of anilines is 2. The van der Waals surface area contributed by atoms with E-state index >= 15 is 0 Å². The van der Waals surface area contributed by atoms with Crippen LogP contribution in [0.5, 0.6) is 0 Å². The van der Waals surface area contributed by atoms with Gasteiger partial charge >= 0.3 is 0 Å². The fourth-order valence-corrected chi connectivity index (χ4v) is 3.11. The van der Waals surface area contributed by atoms with Gasteiger partial charge in [-0.15, -0.1) is 12.4 Å². The molecule has 0 radical (unpaired) electrons. The van der Waals surface area contributed by atoms with E-state index in [0.29, 0.717) is 11.4 Å². The molecule has 1 aliphatic rings. The van der Waals surface area contributed by atoms with Crippen LogP contribution in [0.25, 0.3) is 0 Å². The molecule has 0 heterocycles. The molecule has 0 bridgehead atoms. The van der Waals surface area contributed by atoms with Crippen LogP contribution in [0.1, 0.15) is 25.7 Å². The largest absolute Gasteiger partial charge is 0.328 e. The summed E-state index contributed by atoms with van der Waals surface area (Å²) < 4.78 is 24.6. The molecule has 1 fully saturated rings. The first kappa shape index (κ1) is 18.7. The van der Waals surface area contributed by atoms with Crippen molar-refractivity contribution in [1.82, 2.24) is 0 Å². The van der Waals surface area contributed by atoms with E-state index in [9.17, 15) is 13.2 Å². The highest BCUT2D eigenvalue weighted by molar-refractivity contribution is 7.92. The molecule has 0 spiro atoms.